The lowest BCUT2D eigenvalue weighted by Crippen LogP contribution is -2.68. The molecule has 2 aromatic heterocycles. The second kappa shape index (κ2) is 16.7. The van der Waals surface area contributed by atoms with Crippen LogP contribution in [-0.2, 0) is 50.5 Å². The molecule has 13 atom stereocenters. The van der Waals surface area contributed by atoms with Crippen LogP contribution < -0.4 is 5.32 Å². The van der Waals surface area contributed by atoms with Crippen molar-refractivity contribution in [1.29, 1.82) is 0 Å². The third kappa shape index (κ3) is 7.12. The minimum atomic E-state index is -0.898. The van der Waals surface area contributed by atoms with Crippen LogP contribution in [0.3, 0.4) is 0 Å². The molecule has 386 valence electrons. The van der Waals surface area contributed by atoms with Gasteiger partial charge in [-0.15, -0.1) is 0 Å². The molecule has 0 spiro atoms. The summed E-state index contributed by atoms with van der Waals surface area (Å²) in [6, 6.07) is 4.87. The van der Waals surface area contributed by atoms with Crippen LogP contribution in [0.15, 0.2) is 35.7 Å². The third-order valence-corrected chi connectivity index (χ3v) is 22.9. The van der Waals surface area contributed by atoms with Gasteiger partial charge in [0, 0.05) is 86.6 Å². The smallest absolute Gasteiger partial charge is 0.160 e. The summed E-state index contributed by atoms with van der Waals surface area (Å²) in [5.41, 5.74) is 8.25. The maximum absolute atomic E-state index is 15.5. The number of nitrogens with zero attached hydrogens (tertiary/aromatic N) is 1. The number of allylic oxidation sites excluding steroid dienone is 1. The summed E-state index contributed by atoms with van der Waals surface area (Å²) in [7, 11) is 1.97. The summed E-state index contributed by atoms with van der Waals surface area (Å²) in [4.78, 5) is 33.5. The van der Waals surface area contributed by atoms with E-state index < -0.39 is 45.1 Å². The number of carbonyl (C=O) groups is 2. The van der Waals surface area contributed by atoms with E-state index in [1.807, 2.05) is 20.9 Å². The number of epoxide rings is 1. The number of nitrogens with one attached hydrogen (secondary N) is 2. The number of aromatic nitrogens is 2. The predicted octanol–water partition coefficient (Wildman–Crippen LogP) is 9.94. The SMILES string of the molecule is CNCCC1(C)C(=O)CCC2(C)C1CCC1(C)C2C(O)C2Cn3cc(Cc4cc5c(c(C6(O)CCOCC6)c4)CCC4CCCCC54)c4[nH]cc(c43)CCC(C)(CC(O)C3OC3(C)C)C3=C2C1(C)CC3=O. The van der Waals surface area contributed by atoms with Crippen molar-refractivity contribution in [2.24, 2.45) is 50.7 Å². The number of hydrogen-bond acceptors (Lipinski definition) is 8. The number of aryl methyl sites for hydroxylation is 1. The molecule has 0 amide bonds. The van der Waals surface area contributed by atoms with Gasteiger partial charge in [0.25, 0.3) is 0 Å². The maximum atomic E-state index is 15.5. The number of ketones is 2. The van der Waals surface area contributed by atoms with Gasteiger partial charge in [0.1, 0.15) is 11.9 Å². The number of H-pyrrole nitrogens is 1. The van der Waals surface area contributed by atoms with Gasteiger partial charge in [0.05, 0.1) is 34.4 Å². The van der Waals surface area contributed by atoms with E-state index in [2.05, 4.69) is 74.0 Å². The standard InChI is InChI=1S/C61H85N3O7/c1-55(2)54(71-55)45(66)30-56(3)18-15-37-32-63-50-38(27-35-28-41-39-12-10-9-11-36(39)13-14-40(41)43(29-35)61(69)22-25-70-26-23-61)33-64(51(37)50)34-42-48-49(56)44(65)31-60(48,7)59(6)20-16-46-57(4,21-24-62-8)47(67)17-19-58(46,5)53(59)52(42)68/h28-29,32-33,36,39,42,45-46,52-54,62-63,66,68-69H,9-27,30-31,34H2,1-8H3. The topological polar surface area (TPSA) is 149 Å². The number of rotatable bonds is 9. The van der Waals surface area contributed by atoms with Crippen LogP contribution in [0.1, 0.15) is 184 Å². The Bertz CT molecular complexity index is 2690. The highest BCUT2D eigenvalue weighted by Crippen LogP contribution is 2.76. The highest BCUT2D eigenvalue weighted by molar-refractivity contribution is 6.02. The fourth-order valence-electron chi connectivity index (χ4n) is 19.0. The van der Waals surface area contributed by atoms with Crippen LogP contribution in [0.5, 0.6) is 0 Å². The van der Waals surface area contributed by atoms with Crippen molar-refractivity contribution in [2.45, 2.75) is 206 Å². The van der Waals surface area contributed by atoms with Crippen molar-refractivity contribution in [1.82, 2.24) is 14.9 Å². The third-order valence-electron chi connectivity index (χ3n) is 22.9. The summed E-state index contributed by atoms with van der Waals surface area (Å²) in [6.07, 6.45) is 18.1. The summed E-state index contributed by atoms with van der Waals surface area (Å²) in [5.74, 6) is 1.42. The molecule has 3 aromatic rings. The van der Waals surface area contributed by atoms with E-state index in [1.165, 1.54) is 65.4 Å². The van der Waals surface area contributed by atoms with Gasteiger partial charge in [-0.3, -0.25) is 9.59 Å². The largest absolute Gasteiger partial charge is 0.392 e. The lowest BCUT2D eigenvalue weighted by molar-refractivity contribution is -0.222. The molecule has 0 radical (unpaired) electrons. The van der Waals surface area contributed by atoms with Crippen LogP contribution >= 0.6 is 0 Å². The molecule has 6 aliphatic carbocycles. The first-order valence-corrected chi connectivity index (χ1v) is 28.3. The molecule has 9 aliphatic rings. The van der Waals surface area contributed by atoms with E-state index >= 15 is 4.79 Å². The molecular formula is C61H85N3O7. The van der Waals surface area contributed by atoms with Crippen molar-refractivity contribution in [2.75, 3.05) is 26.8 Å². The second-order valence-electron chi connectivity index (χ2n) is 27.0. The molecule has 4 saturated carbocycles. The Labute approximate surface area is 422 Å². The molecule has 10 heteroatoms. The summed E-state index contributed by atoms with van der Waals surface area (Å²) in [5, 5.41) is 41.8. The number of fused-ring (bicyclic) bond motifs is 7. The van der Waals surface area contributed by atoms with Crippen molar-refractivity contribution in [3.05, 3.63) is 69.1 Å². The Morgan fingerprint density at radius 1 is 0.915 bits per heavy atom. The number of aliphatic hydroxyl groups is 3. The number of aromatic amines is 1. The Morgan fingerprint density at radius 3 is 2.42 bits per heavy atom. The van der Waals surface area contributed by atoms with Gasteiger partial charge in [-0.2, -0.15) is 0 Å². The van der Waals surface area contributed by atoms with Gasteiger partial charge < -0.3 is 39.7 Å². The van der Waals surface area contributed by atoms with Gasteiger partial charge in [-0.05, 0) is 177 Å². The van der Waals surface area contributed by atoms with Crippen LogP contribution in [-0.4, -0.2) is 87.2 Å². The lowest BCUT2D eigenvalue weighted by atomic mass is 9.34. The van der Waals surface area contributed by atoms with Crippen LogP contribution in [0.4, 0.5) is 0 Å². The Kier molecular flexibility index (Phi) is 11.5. The minimum absolute atomic E-state index is 0.121. The average molecular weight is 972 g/mol. The van der Waals surface area contributed by atoms with E-state index in [0.29, 0.717) is 82.3 Å². The van der Waals surface area contributed by atoms with Gasteiger partial charge in [0.15, 0.2) is 5.78 Å². The van der Waals surface area contributed by atoms with E-state index in [1.54, 1.807) is 0 Å². The monoisotopic (exact) mass is 972 g/mol. The molecule has 6 fully saturated rings. The van der Waals surface area contributed by atoms with E-state index in [4.69, 9.17) is 9.47 Å². The fraction of sp³-hybridized carbons (Fsp3) is 0.738. The van der Waals surface area contributed by atoms with E-state index in [9.17, 15) is 20.1 Å². The summed E-state index contributed by atoms with van der Waals surface area (Å²) in [6.45, 7) is 18.2. The lowest BCUT2D eigenvalue weighted by Gasteiger charge is -2.70. The van der Waals surface area contributed by atoms with Gasteiger partial charge in [0.2, 0.25) is 0 Å². The van der Waals surface area contributed by atoms with E-state index in [-0.39, 0.29) is 35.1 Å². The maximum Gasteiger partial charge on any atom is 0.160 e. The number of ether oxygens (including phenoxy) is 2. The Hall–Kier alpha value is -3.12. The zero-order valence-electron chi connectivity index (χ0n) is 44.4. The zero-order chi connectivity index (χ0) is 49.8. The summed E-state index contributed by atoms with van der Waals surface area (Å²) < 4.78 is 14.4. The molecular weight excluding hydrogens is 887 g/mol. The molecule has 5 N–H and O–H groups in total. The molecule has 13 unspecified atom stereocenters. The van der Waals surface area contributed by atoms with Crippen LogP contribution in [0, 0.1) is 50.7 Å². The van der Waals surface area contributed by atoms with Crippen LogP contribution in [0.25, 0.3) is 11.0 Å². The molecule has 10 nitrogen and oxygen atoms in total. The normalized spacial score (nSPS) is 40.6. The van der Waals surface area contributed by atoms with E-state index in [0.717, 1.165) is 67.3 Å². The minimum Gasteiger partial charge on any atom is -0.392 e. The quantitative estimate of drug-likeness (QED) is 0.133. The summed E-state index contributed by atoms with van der Waals surface area (Å²) >= 11 is 0. The molecule has 3 aliphatic heterocycles. The average Bonchev–Trinajstić information content (AvgIpc) is 3.57. The first-order valence-electron chi connectivity index (χ1n) is 28.3. The van der Waals surface area contributed by atoms with Crippen molar-refractivity contribution in [3.63, 3.8) is 0 Å². The van der Waals surface area contributed by atoms with Gasteiger partial charge in [-0.1, -0.05) is 59.6 Å². The molecule has 12 rings (SSSR count). The Balaban J connectivity index is 1.00. The first-order chi connectivity index (χ1) is 33.7. The van der Waals surface area contributed by atoms with Crippen LogP contribution in [0.2, 0.25) is 0 Å². The predicted molar refractivity (Wildman–Crippen MR) is 276 cm³/mol. The second-order valence-corrected chi connectivity index (χ2v) is 27.0. The fourth-order valence-corrected chi connectivity index (χ4v) is 19.0. The number of aliphatic hydroxyl groups excluding tert-OH is 2. The van der Waals surface area contributed by atoms with Gasteiger partial charge in [-0.25, -0.2) is 0 Å². The van der Waals surface area contributed by atoms with Crippen molar-refractivity contribution in [3.8, 4) is 0 Å². The van der Waals surface area contributed by atoms with Crippen molar-refractivity contribution >= 4 is 22.6 Å². The molecule has 0 bridgehead atoms. The Morgan fingerprint density at radius 2 is 1.68 bits per heavy atom. The molecule has 1 aromatic carbocycles. The number of Topliss-reactive ketones (excluding diaryl/α,β-unsaturated/α-hetero) is 2. The molecule has 5 heterocycles. The number of carbonyl (C=O) groups excluding carboxylic acids is 2. The van der Waals surface area contributed by atoms with Gasteiger partial charge >= 0.3 is 0 Å². The molecule has 2 saturated heterocycles. The first kappa shape index (κ1) is 48.8. The van der Waals surface area contributed by atoms with Crippen molar-refractivity contribution < 1.29 is 34.4 Å². The highest BCUT2D eigenvalue weighted by atomic mass is 16.6. The number of hydrogen-bond donors (Lipinski definition) is 5. The highest BCUT2D eigenvalue weighted by Gasteiger charge is 2.73. The zero-order valence-corrected chi connectivity index (χ0v) is 44.4. The number of benzene rings is 1. The molecule has 71 heavy (non-hydrogen) atoms.